The Morgan fingerprint density at radius 1 is 0.704 bits per heavy atom. The van der Waals surface area contributed by atoms with Gasteiger partial charge in [0.1, 0.15) is 0 Å². The van der Waals surface area contributed by atoms with Crippen LogP contribution in [0.3, 0.4) is 0 Å². The Hall–Kier alpha value is -2.78. The van der Waals surface area contributed by atoms with Crippen LogP contribution in [-0.2, 0) is 19.4 Å². The van der Waals surface area contributed by atoms with Crippen molar-refractivity contribution in [2.75, 3.05) is 20.3 Å². The van der Waals surface area contributed by atoms with Crippen LogP contribution in [0.1, 0.15) is 16.7 Å². The summed E-state index contributed by atoms with van der Waals surface area (Å²) in [5.74, 6) is 1.58. The molecule has 3 aromatic rings. The lowest BCUT2D eigenvalue weighted by Gasteiger charge is -2.13. The van der Waals surface area contributed by atoms with E-state index in [4.69, 9.17) is 9.47 Å². The first-order valence-corrected chi connectivity index (χ1v) is 9.43. The third kappa shape index (κ3) is 6.15. The highest BCUT2D eigenvalue weighted by Gasteiger charge is 2.06. The first kappa shape index (κ1) is 19.0. The molecule has 0 heterocycles. The summed E-state index contributed by atoms with van der Waals surface area (Å²) in [7, 11) is 1.69. The lowest BCUT2D eigenvalue weighted by molar-refractivity contribution is 0.297. The Morgan fingerprint density at radius 3 is 2.04 bits per heavy atom. The Morgan fingerprint density at radius 2 is 1.37 bits per heavy atom. The van der Waals surface area contributed by atoms with E-state index in [1.54, 1.807) is 7.11 Å². The van der Waals surface area contributed by atoms with Crippen LogP contribution >= 0.6 is 0 Å². The molecule has 0 aliphatic rings. The van der Waals surface area contributed by atoms with Crippen LogP contribution in [0.5, 0.6) is 11.5 Å². The second kappa shape index (κ2) is 10.4. The van der Waals surface area contributed by atoms with Crippen molar-refractivity contribution >= 4 is 0 Å². The summed E-state index contributed by atoms with van der Waals surface area (Å²) in [4.78, 5) is 0. The van der Waals surface area contributed by atoms with Gasteiger partial charge < -0.3 is 14.8 Å². The molecule has 0 radical (unpaired) electrons. The Labute approximate surface area is 162 Å². The molecule has 0 bridgehead atoms. The quantitative estimate of drug-likeness (QED) is 0.533. The monoisotopic (exact) mass is 361 g/mol. The summed E-state index contributed by atoms with van der Waals surface area (Å²) in [5, 5.41) is 3.49. The van der Waals surface area contributed by atoms with Gasteiger partial charge in [-0.15, -0.1) is 0 Å². The van der Waals surface area contributed by atoms with E-state index in [0.29, 0.717) is 6.61 Å². The Balaban J connectivity index is 1.46. The number of hydrogen-bond acceptors (Lipinski definition) is 3. The number of ether oxygens (including phenoxy) is 2. The minimum absolute atomic E-state index is 0.634. The summed E-state index contributed by atoms with van der Waals surface area (Å²) >= 11 is 0. The summed E-state index contributed by atoms with van der Waals surface area (Å²) in [5.41, 5.74) is 3.82. The maximum Gasteiger partial charge on any atom is 0.161 e. The van der Waals surface area contributed by atoms with Gasteiger partial charge >= 0.3 is 0 Å². The van der Waals surface area contributed by atoms with Crippen LogP contribution in [0, 0.1) is 0 Å². The molecular weight excluding hydrogens is 334 g/mol. The number of nitrogens with one attached hydrogen (secondary N) is 1. The van der Waals surface area contributed by atoms with Crippen LogP contribution < -0.4 is 14.8 Å². The second-order valence-corrected chi connectivity index (χ2v) is 6.48. The zero-order chi connectivity index (χ0) is 18.7. The summed E-state index contributed by atoms with van der Waals surface area (Å²) in [6, 6.07) is 27.0. The number of hydrogen-bond donors (Lipinski definition) is 1. The molecule has 27 heavy (non-hydrogen) atoms. The predicted molar refractivity (Wildman–Crippen MR) is 110 cm³/mol. The fourth-order valence-corrected chi connectivity index (χ4v) is 2.97. The highest BCUT2D eigenvalue weighted by molar-refractivity contribution is 5.43. The van der Waals surface area contributed by atoms with Crippen molar-refractivity contribution < 1.29 is 9.47 Å². The standard InChI is InChI=1S/C24H27NO2/c1-26-24-18-22(19-25-16-14-20-8-4-2-5-9-20)12-13-23(24)27-17-15-21-10-6-3-7-11-21/h2-13,18,25H,14-17,19H2,1H3. The smallest absolute Gasteiger partial charge is 0.161 e. The van der Waals surface area contributed by atoms with E-state index in [2.05, 4.69) is 59.9 Å². The topological polar surface area (TPSA) is 30.5 Å². The molecule has 3 heteroatoms. The molecule has 0 saturated heterocycles. The summed E-state index contributed by atoms with van der Waals surface area (Å²) in [6.45, 7) is 2.39. The van der Waals surface area contributed by atoms with Crippen LogP contribution in [0.2, 0.25) is 0 Å². The molecule has 3 aromatic carbocycles. The van der Waals surface area contributed by atoms with Crippen LogP contribution in [0.4, 0.5) is 0 Å². The van der Waals surface area contributed by atoms with Crippen molar-refractivity contribution in [3.8, 4) is 11.5 Å². The zero-order valence-corrected chi connectivity index (χ0v) is 15.9. The lowest BCUT2D eigenvalue weighted by Crippen LogP contribution is -2.16. The highest BCUT2D eigenvalue weighted by atomic mass is 16.5. The first-order chi connectivity index (χ1) is 13.3. The number of methoxy groups -OCH3 is 1. The molecule has 3 rings (SSSR count). The van der Waals surface area contributed by atoms with Gasteiger partial charge in [0.15, 0.2) is 11.5 Å². The van der Waals surface area contributed by atoms with E-state index in [9.17, 15) is 0 Å². The maximum atomic E-state index is 5.93. The third-order valence-corrected chi connectivity index (χ3v) is 4.48. The van der Waals surface area contributed by atoms with Gasteiger partial charge in [0.2, 0.25) is 0 Å². The largest absolute Gasteiger partial charge is 0.493 e. The van der Waals surface area contributed by atoms with Gasteiger partial charge in [-0.2, -0.15) is 0 Å². The fourth-order valence-electron chi connectivity index (χ4n) is 2.97. The van der Waals surface area contributed by atoms with E-state index in [1.807, 2.05) is 24.3 Å². The van der Waals surface area contributed by atoms with E-state index in [-0.39, 0.29) is 0 Å². The average molecular weight is 361 g/mol. The van der Waals surface area contributed by atoms with Gasteiger partial charge in [-0.25, -0.2) is 0 Å². The van der Waals surface area contributed by atoms with Crippen molar-refractivity contribution in [1.82, 2.24) is 5.32 Å². The van der Waals surface area contributed by atoms with Crippen molar-refractivity contribution in [1.29, 1.82) is 0 Å². The average Bonchev–Trinajstić information content (AvgIpc) is 2.73. The molecule has 1 N–H and O–H groups in total. The Bertz CT molecular complexity index is 803. The molecule has 0 amide bonds. The van der Waals surface area contributed by atoms with Gasteiger partial charge in [-0.3, -0.25) is 0 Å². The number of benzene rings is 3. The van der Waals surface area contributed by atoms with Gasteiger partial charge in [0, 0.05) is 13.0 Å². The number of rotatable bonds is 10. The molecule has 3 nitrogen and oxygen atoms in total. The second-order valence-electron chi connectivity index (χ2n) is 6.48. The van der Waals surface area contributed by atoms with E-state index in [0.717, 1.165) is 37.4 Å². The van der Waals surface area contributed by atoms with Crippen molar-refractivity contribution in [3.63, 3.8) is 0 Å². The van der Waals surface area contributed by atoms with Crippen LogP contribution in [0.25, 0.3) is 0 Å². The Kier molecular flexibility index (Phi) is 7.31. The predicted octanol–water partition coefficient (Wildman–Crippen LogP) is 4.65. The fraction of sp³-hybridized carbons (Fsp3) is 0.250. The van der Waals surface area contributed by atoms with E-state index < -0.39 is 0 Å². The molecule has 140 valence electrons. The van der Waals surface area contributed by atoms with E-state index in [1.165, 1.54) is 16.7 Å². The normalized spacial score (nSPS) is 10.6. The minimum Gasteiger partial charge on any atom is -0.493 e. The van der Waals surface area contributed by atoms with Crippen molar-refractivity contribution in [3.05, 3.63) is 95.6 Å². The van der Waals surface area contributed by atoms with Crippen LogP contribution in [-0.4, -0.2) is 20.3 Å². The minimum atomic E-state index is 0.634. The van der Waals surface area contributed by atoms with Crippen molar-refractivity contribution in [2.24, 2.45) is 0 Å². The van der Waals surface area contributed by atoms with Gasteiger partial charge in [-0.05, 0) is 41.8 Å². The lowest BCUT2D eigenvalue weighted by atomic mass is 10.1. The highest BCUT2D eigenvalue weighted by Crippen LogP contribution is 2.28. The molecule has 0 aliphatic carbocycles. The molecule has 0 aliphatic heterocycles. The molecule has 0 atom stereocenters. The molecule has 0 unspecified atom stereocenters. The van der Waals surface area contributed by atoms with E-state index >= 15 is 0 Å². The molecule has 0 fully saturated rings. The molecule has 0 spiro atoms. The third-order valence-electron chi connectivity index (χ3n) is 4.48. The van der Waals surface area contributed by atoms with Gasteiger partial charge in [0.25, 0.3) is 0 Å². The van der Waals surface area contributed by atoms with Crippen molar-refractivity contribution in [2.45, 2.75) is 19.4 Å². The molecular formula is C24H27NO2. The summed E-state index contributed by atoms with van der Waals surface area (Å²) < 4.78 is 11.4. The molecule has 0 aromatic heterocycles. The maximum absolute atomic E-state index is 5.93. The van der Waals surface area contributed by atoms with Gasteiger partial charge in [-0.1, -0.05) is 66.7 Å². The SMILES string of the molecule is COc1cc(CNCCc2ccccc2)ccc1OCCc1ccccc1. The zero-order valence-electron chi connectivity index (χ0n) is 15.9. The summed E-state index contributed by atoms with van der Waals surface area (Å²) in [6.07, 6.45) is 1.91. The molecule has 0 saturated carbocycles. The first-order valence-electron chi connectivity index (χ1n) is 9.43. The van der Waals surface area contributed by atoms with Crippen LogP contribution in [0.15, 0.2) is 78.9 Å². The van der Waals surface area contributed by atoms with Gasteiger partial charge in [0.05, 0.1) is 13.7 Å².